The van der Waals surface area contributed by atoms with Gasteiger partial charge in [0.25, 0.3) is 0 Å². The highest BCUT2D eigenvalue weighted by molar-refractivity contribution is 6.32. The summed E-state index contributed by atoms with van der Waals surface area (Å²) in [5, 5.41) is 22.4. The van der Waals surface area contributed by atoms with E-state index < -0.39 is 5.97 Å². The number of carboxylic acid groups (broad SMARTS) is 1. The number of benzene rings is 1. The summed E-state index contributed by atoms with van der Waals surface area (Å²) < 4.78 is 4.65. The summed E-state index contributed by atoms with van der Waals surface area (Å²) in [5.74, 6) is -1.65. The van der Waals surface area contributed by atoms with Crippen LogP contribution in [0, 0.1) is 0 Å². The zero-order chi connectivity index (χ0) is 13.3. The number of phenols is 1. The lowest BCUT2D eigenvalue weighted by Gasteiger charge is -2.06. The van der Waals surface area contributed by atoms with Crippen molar-refractivity contribution in [3.63, 3.8) is 0 Å². The zero-order valence-electron chi connectivity index (χ0n) is 9.48. The first kappa shape index (κ1) is 12.4. The van der Waals surface area contributed by atoms with Crippen LogP contribution in [-0.2, 0) is 6.42 Å². The third-order valence-electron chi connectivity index (χ3n) is 2.53. The van der Waals surface area contributed by atoms with Crippen LogP contribution >= 0.6 is 11.6 Å². The van der Waals surface area contributed by atoms with Gasteiger partial charge in [-0.1, -0.05) is 23.7 Å². The molecule has 0 amide bonds. The second-order valence-corrected chi connectivity index (χ2v) is 4.12. The number of aromatic hydroxyl groups is 1. The predicted octanol–water partition coefficient (Wildman–Crippen LogP) is 2.96. The highest BCUT2D eigenvalue weighted by Gasteiger charge is 2.17. The molecule has 6 heteroatoms. The van der Waals surface area contributed by atoms with Gasteiger partial charge in [0.05, 0.1) is 5.02 Å². The van der Waals surface area contributed by atoms with Crippen molar-refractivity contribution in [3.05, 3.63) is 34.5 Å². The van der Waals surface area contributed by atoms with E-state index in [2.05, 4.69) is 9.68 Å². The molecule has 0 spiro atoms. The van der Waals surface area contributed by atoms with Gasteiger partial charge in [-0.3, -0.25) is 0 Å². The number of aromatic carboxylic acids is 1. The minimum Gasteiger partial charge on any atom is -0.506 e. The first-order valence-electron chi connectivity index (χ1n) is 5.24. The third kappa shape index (κ3) is 2.17. The van der Waals surface area contributed by atoms with Crippen LogP contribution in [0.3, 0.4) is 0 Å². The Morgan fingerprint density at radius 3 is 2.72 bits per heavy atom. The summed E-state index contributed by atoms with van der Waals surface area (Å²) in [4.78, 5) is 10.7. The van der Waals surface area contributed by atoms with E-state index in [-0.39, 0.29) is 22.2 Å². The van der Waals surface area contributed by atoms with Crippen LogP contribution in [0.2, 0.25) is 5.02 Å². The number of hydrogen-bond donors (Lipinski definition) is 2. The normalized spacial score (nSPS) is 10.6. The summed E-state index contributed by atoms with van der Waals surface area (Å²) in [6, 6.07) is 4.59. The summed E-state index contributed by atoms with van der Waals surface area (Å²) in [6.45, 7) is 1.94. The van der Waals surface area contributed by atoms with Crippen LogP contribution in [0.1, 0.15) is 23.0 Å². The van der Waals surface area contributed by atoms with Crippen LogP contribution < -0.4 is 0 Å². The quantitative estimate of drug-likeness (QED) is 0.893. The number of hydrogen-bond acceptors (Lipinski definition) is 4. The molecule has 0 atom stereocenters. The van der Waals surface area contributed by atoms with E-state index in [1.807, 2.05) is 6.92 Å². The molecule has 2 aromatic rings. The Hall–Kier alpha value is -2.01. The van der Waals surface area contributed by atoms with Crippen LogP contribution in [0.25, 0.3) is 11.3 Å². The van der Waals surface area contributed by atoms with Crippen molar-refractivity contribution in [3.8, 4) is 17.0 Å². The Morgan fingerprint density at radius 2 is 2.17 bits per heavy atom. The SMILES string of the molecule is CCc1cc(Cl)c(O)c(-c2cc(C(=O)O)on2)c1. The average Bonchev–Trinajstić information content (AvgIpc) is 2.82. The Morgan fingerprint density at radius 1 is 1.44 bits per heavy atom. The molecule has 1 heterocycles. The largest absolute Gasteiger partial charge is 0.506 e. The van der Waals surface area contributed by atoms with Crippen molar-refractivity contribution < 1.29 is 19.5 Å². The monoisotopic (exact) mass is 267 g/mol. The molecule has 18 heavy (non-hydrogen) atoms. The van der Waals surface area contributed by atoms with E-state index in [0.717, 1.165) is 12.0 Å². The molecule has 5 nitrogen and oxygen atoms in total. The van der Waals surface area contributed by atoms with Crippen LogP contribution in [0.4, 0.5) is 0 Å². The maximum atomic E-state index is 10.7. The summed E-state index contributed by atoms with van der Waals surface area (Å²) >= 11 is 5.89. The first-order valence-corrected chi connectivity index (χ1v) is 5.62. The van der Waals surface area contributed by atoms with Gasteiger partial charge in [-0.15, -0.1) is 0 Å². The Balaban J connectivity index is 2.55. The van der Waals surface area contributed by atoms with Gasteiger partial charge in [0.1, 0.15) is 11.4 Å². The third-order valence-corrected chi connectivity index (χ3v) is 2.82. The van der Waals surface area contributed by atoms with Crippen LogP contribution in [0.5, 0.6) is 5.75 Å². The molecule has 0 saturated carbocycles. The minimum atomic E-state index is -1.22. The molecule has 2 rings (SSSR count). The van der Waals surface area contributed by atoms with Crippen molar-refractivity contribution in [2.24, 2.45) is 0 Å². The van der Waals surface area contributed by atoms with Crippen molar-refractivity contribution in [1.29, 1.82) is 0 Å². The predicted molar refractivity (Wildman–Crippen MR) is 65.0 cm³/mol. The van der Waals surface area contributed by atoms with E-state index in [1.165, 1.54) is 6.07 Å². The second kappa shape index (κ2) is 4.70. The molecule has 0 aliphatic rings. The molecule has 94 valence electrons. The molecular weight excluding hydrogens is 258 g/mol. The summed E-state index contributed by atoms with van der Waals surface area (Å²) in [7, 11) is 0. The molecule has 0 aliphatic heterocycles. The number of carboxylic acids is 1. The number of halogens is 1. The molecule has 0 radical (unpaired) electrons. The van der Waals surface area contributed by atoms with E-state index in [9.17, 15) is 9.90 Å². The lowest BCUT2D eigenvalue weighted by molar-refractivity contribution is 0.0652. The molecule has 0 aliphatic carbocycles. The van der Waals surface area contributed by atoms with E-state index in [1.54, 1.807) is 12.1 Å². The number of aryl methyl sites for hydroxylation is 1. The van der Waals surface area contributed by atoms with Gasteiger partial charge < -0.3 is 14.7 Å². The van der Waals surface area contributed by atoms with Gasteiger partial charge in [0.2, 0.25) is 5.76 Å². The fraction of sp³-hybridized carbons (Fsp3) is 0.167. The van der Waals surface area contributed by atoms with Crippen molar-refractivity contribution in [2.45, 2.75) is 13.3 Å². The second-order valence-electron chi connectivity index (χ2n) is 3.71. The van der Waals surface area contributed by atoms with E-state index >= 15 is 0 Å². The van der Waals surface area contributed by atoms with Crippen molar-refractivity contribution >= 4 is 17.6 Å². The Labute approximate surface area is 108 Å². The minimum absolute atomic E-state index is 0.140. The maximum Gasteiger partial charge on any atom is 0.374 e. The zero-order valence-corrected chi connectivity index (χ0v) is 10.2. The molecule has 1 aromatic heterocycles. The number of phenolic OH excluding ortho intramolecular Hbond substituents is 1. The molecule has 2 N–H and O–H groups in total. The standard InChI is InChI=1S/C12H10ClNO4/c1-2-6-3-7(11(15)8(13)4-6)9-5-10(12(16)17)18-14-9/h3-5,15H,2H2,1H3,(H,16,17). The summed E-state index contributed by atoms with van der Waals surface area (Å²) in [6.07, 6.45) is 0.733. The van der Waals surface area contributed by atoms with Gasteiger partial charge in [-0.05, 0) is 24.1 Å². The molecule has 0 fully saturated rings. The van der Waals surface area contributed by atoms with Crippen molar-refractivity contribution in [1.82, 2.24) is 5.16 Å². The fourth-order valence-corrected chi connectivity index (χ4v) is 1.80. The van der Waals surface area contributed by atoms with Crippen LogP contribution in [0.15, 0.2) is 22.7 Å². The lowest BCUT2D eigenvalue weighted by atomic mass is 10.0. The number of carbonyl (C=O) groups is 1. The molecular formula is C12H10ClNO4. The van der Waals surface area contributed by atoms with Gasteiger partial charge >= 0.3 is 5.97 Å². The Kier molecular flexibility index (Phi) is 3.25. The van der Waals surface area contributed by atoms with Gasteiger partial charge in [-0.25, -0.2) is 4.79 Å². The number of rotatable bonds is 3. The van der Waals surface area contributed by atoms with E-state index in [4.69, 9.17) is 16.7 Å². The van der Waals surface area contributed by atoms with Crippen LogP contribution in [-0.4, -0.2) is 21.3 Å². The molecule has 1 aromatic carbocycles. The number of aromatic nitrogens is 1. The number of nitrogens with zero attached hydrogens (tertiary/aromatic N) is 1. The smallest absolute Gasteiger partial charge is 0.374 e. The maximum absolute atomic E-state index is 10.7. The fourth-order valence-electron chi connectivity index (χ4n) is 1.56. The van der Waals surface area contributed by atoms with Gasteiger partial charge in [-0.2, -0.15) is 0 Å². The summed E-state index contributed by atoms with van der Waals surface area (Å²) in [5.41, 5.74) is 1.50. The van der Waals surface area contributed by atoms with Gasteiger partial charge in [0, 0.05) is 11.6 Å². The van der Waals surface area contributed by atoms with Gasteiger partial charge in [0.15, 0.2) is 0 Å². The molecule has 0 bridgehead atoms. The Bertz CT molecular complexity index is 606. The average molecular weight is 268 g/mol. The highest BCUT2D eigenvalue weighted by Crippen LogP contribution is 2.36. The molecule has 0 unspecified atom stereocenters. The molecule has 0 saturated heterocycles. The topological polar surface area (TPSA) is 83.6 Å². The lowest BCUT2D eigenvalue weighted by Crippen LogP contribution is -1.91. The van der Waals surface area contributed by atoms with E-state index in [0.29, 0.717) is 5.56 Å². The first-order chi connectivity index (χ1) is 8.52. The van der Waals surface area contributed by atoms with Crippen molar-refractivity contribution in [2.75, 3.05) is 0 Å². The highest BCUT2D eigenvalue weighted by atomic mass is 35.5.